The van der Waals surface area contributed by atoms with Crippen LogP contribution in [-0.4, -0.2) is 20.2 Å². The van der Waals surface area contributed by atoms with Crippen LogP contribution in [0.3, 0.4) is 0 Å². The van der Waals surface area contributed by atoms with Crippen LogP contribution in [0.4, 0.5) is 0 Å². The molecule has 0 bridgehead atoms. The molecule has 0 amide bonds. The minimum absolute atomic E-state index is 0.333. The number of hydrogen-bond acceptors (Lipinski definition) is 7. The average molecular weight is 336 g/mol. The molecule has 104 valence electrons. The van der Waals surface area contributed by atoms with Gasteiger partial charge in [-0.25, -0.2) is 0 Å². The van der Waals surface area contributed by atoms with E-state index in [-0.39, 0.29) is 11.9 Å². The molecule has 0 aliphatic carbocycles. The molecule has 0 aromatic carbocycles. The van der Waals surface area contributed by atoms with Crippen molar-refractivity contribution in [2.24, 2.45) is 22.9 Å². The molecule has 0 rings (SSSR count). The zero-order valence-electron chi connectivity index (χ0n) is 8.06. The molecule has 15 heteroatoms. The summed E-state index contributed by atoms with van der Waals surface area (Å²) in [5.74, 6) is -0.667. The zero-order chi connectivity index (χ0) is 14.9. The number of nitrogens with two attached hydrogens (primary N) is 4. The van der Waals surface area contributed by atoms with Crippen molar-refractivity contribution in [1.82, 2.24) is 0 Å². The van der Waals surface area contributed by atoms with Crippen LogP contribution in [0, 0.1) is 10.8 Å². The number of guanidine groups is 2. The van der Waals surface area contributed by atoms with E-state index in [4.69, 9.17) is 19.1 Å². The summed E-state index contributed by atoms with van der Waals surface area (Å²) in [6, 6.07) is 0. The maximum absolute atomic E-state index is 9.53. The summed E-state index contributed by atoms with van der Waals surface area (Å²) in [5.41, 5.74) is 17.9. The van der Waals surface area contributed by atoms with Gasteiger partial charge in [-0.15, -0.1) is 0 Å². The van der Waals surface area contributed by atoms with Crippen molar-refractivity contribution in [3.05, 3.63) is 0 Å². The van der Waals surface area contributed by atoms with E-state index in [0.717, 1.165) is 0 Å². The molecule has 0 radical (unpaired) electrons. The average Bonchev–Trinajstić information content (AvgIpc) is 1.70. The Balaban J connectivity index is -0.000000205. The van der Waals surface area contributed by atoms with Gasteiger partial charge in [0.15, 0.2) is 11.9 Å². The fourth-order valence-electron chi connectivity index (χ4n) is 0.109. The van der Waals surface area contributed by atoms with Gasteiger partial charge in [-0.3, -0.25) is 10.8 Å². The quantitative estimate of drug-likeness (QED) is 0.178. The van der Waals surface area contributed by atoms with Crippen LogP contribution in [-0.2, 0) is 45.3 Å². The Morgan fingerprint density at radius 2 is 0.941 bits per heavy atom. The van der Waals surface area contributed by atoms with Crippen molar-refractivity contribution in [1.29, 1.82) is 10.8 Å². The Morgan fingerprint density at radius 1 is 0.824 bits per heavy atom. The van der Waals surface area contributed by atoms with Crippen LogP contribution in [0.2, 0.25) is 0 Å². The van der Waals surface area contributed by atoms with E-state index in [9.17, 15) is 15.2 Å². The van der Waals surface area contributed by atoms with Crippen LogP contribution >= 0.6 is 0 Å². The molecular formula is C2H12Cr2N6O7. The van der Waals surface area contributed by atoms with Gasteiger partial charge in [0.05, 0.1) is 0 Å². The van der Waals surface area contributed by atoms with E-state index in [1.807, 2.05) is 0 Å². The van der Waals surface area contributed by atoms with Crippen molar-refractivity contribution in [2.45, 2.75) is 0 Å². The van der Waals surface area contributed by atoms with Gasteiger partial charge in [0.25, 0.3) is 0 Å². The van der Waals surface area contributed by atoms with Gasteiger partial charge in [-0.1, -0.05) is 0 Å². The van der Waals surface area contributed by atoms with E-state index in [2.05, 4.69) is 25.8 Å². The van der Waals surface area contributed by atoms with E-state index in [1.54, 1.807) is 0 Å². The van der Waals surface area contributed by atoms with E-state index >= 15 is 0 Å². The fraction of sp³-hybridized carbons (Fsp3) is 0. The van der Waals surface area contributed by atoms with Gasteiger partial charge in [0.1, 0.15) is 0 Å². The Kier molecular flexibility index (Phi) is 10.9. The maximum atomic E-state index is 9.53. The summed E-state index contributed by atoms with van der Waals surface area (Å²) >= 11 is -11.5. The Hall–Kier alpha value is -1.32. The van der Waals surface area contributed by atoms with Gasteiger partial charge >= 0.3 is 53.6 Å². The van der Waals surface area contributed by atoms with Crippen molar-refractivity contribution in [3.63, 3.8) is 0 Å². The van der Waals surface area contributed by atoms with Gasteiger partial charge < -0.3 is 22.9 Å². The second-order valence-corrected chi connectivity index (χ2v) is 5.59. The van der Waals surface area contributed by atoms with Crippen molar-refractivity contribution in [3.8, 4) is 0 Å². The van der Waals surface area contributed by atoms with Gasteiger partial charge in [-0.2, -0.15) is 0 Å². The van der Waals surface area contributed by atoms with Gasteiger partial charge in [-0.05, 0) is 0 Å². The molecule has 13 nitrogen and oxygen atoms in total. The predicted molar refractivity (Wildman–Crippen MR) is 40.5 cm³/mol. The summed E-state index contributed by atoms with van der Waals surface area (Å²) in [6.07, 6.45) is 0. The van der Waals surface area contributed by atoms with Crippen molar-refractivity contribution in [2.75, 3.05) is 0 Å². The molecule has 0 aliphatic rings. The SMILES string of the molecule is N=C(N)N.N=C(N)N.[O]=[Cr](=[O])([OH])[O][Cr](=[O])(=[O])[OH]. The van der Waals surface area contributed by atoms with Crippen LogP contribution in [0.25, 0.3) is 0 Å². The summed E-state index contributed by atoms with van der Waals surface area (Å²) in [6.45, 7) is 0. The van der Waals surface area contributed by atoms with Crippen LogP contribution in [0.5, 0.6) is 0 Å². The molecule has 0 spiro atoms. The van der Waals surface area contributed by atoms with Crippen LogP contribution < -0.4 is 22.9 Å². The molecule has 0 saturated carbocycles. The van der Waals surface area contributed by atoms with Crippen molar-refractivity contribution >= 4 is 11.9 Å². The van der Waals surface area contributed by atoms with E-state index in [1.165, 1.54) is 0 Å². The number of rotatable bonds is 2. The Morgan fingerprint density at radius 3 is 0.941 bits per heavy atom. The first-order valence-corrected chi connectivity index (χ1v) is 7.28. The topological polar surface area (TPSA) is 270 Å². The second kappa shape index (κ2) is 8.79. The van der Waals surface area contributed by atoms with Crippen LogP contribution in [0.15, 0.2) is 0 Å². The molecule has 0 aromatic rings. The fourth-order valence-corrected chi connectivity index (χ4v) is 1.85. The first-order chi connectivity index (χ1) is 7.17. The molecule has 0 saturated heterocycles. The summed E-state index contributed by atoms with van der Waals surface area (Å²) in [7, 11) is 0. The zero-order valence-corrected chi connectivity index (χ0v) is 10.6. The van der Waals surface area contributed by atoms with Crippen molar-refractivity contribution < 1.29 is 53.6 Å². The molecule has 0 atom stereocenters. The first-order valence-electron chi connectivity index (χ1n) is 3.02. The Bertz CT molecular complexity index is 387. The molecule has 0 heterocycles. The third-order valence-corrected chi connectivity index (χ3v) is 2.92. The molecule has 0 unspecified atom stereocenters. The minimum atomic E-state index is -5.76. The number of hydrogen-bond donors (Lipinski definition) is 8. The Labute approximate surface area is 99.5 Å². The van der Waals surface area contributed by atoms with Gasteiger partial charge in [0.2, 0.25) is 0 Å². The van der Waals surface area contributed by atoms with Gasteiger partial charge in [0, 0.05) is 0 Å². The third-order valence-electron chi connectivity index (χ3n) is 0.172. The molecular weight excluding hydrogens is 324 g/mol. The molecule has 0 fully saturated rings. The molecule has 0 aliphatic heterocycles. The number of nitrogens with one attached hydrogen (secondary N) is 2. The van der Waals surface area contributed by atoms with E-state index in [0.29, 0.717) is 0 Å². The van der Waals surface area contributed by atoms with Crippen LogP contribution in [0.1, 0.15) is 0 Å². The molecule has 0 aromatic heterocycles. The normalized spacial score (nSPS) is 10.0. The summed E-state index contributed by atoms with van der Waals surface area (Å²) in [4.78, 5) is 0. The summed E-state index contributed by atoms with van der Waals surface area (Å²) in [5, 5.41) is 12.1. The second-order valence-electron chi connectivity index (χ2n) is 1.83. The standard InChI is InChI=1S/2CH5N3.2Cr.2H2O.5O/c2*2-1(3)4;;;;;;;;;/h2*(H5,2,3,4);;;2*1H2;;;;;/q;;2*+1;;;;;;;/p-2. The summed E-state index contributed by atoms with van der Waals surface area (Å²) < 4.78 is 56.3. The third kappa shape index (κ3) is 108. The predicted octanol–water partition coefficient (Wildman–Crippen LogP) is -3.99. The molecule has 12 N–H and O–H groups in total. The first kappa shape index (κ1) is 21.0. The monoisotopic (exact) mass is 336 g/mol. The molecule has 17 heavy (non-hydrogen) atoms. The van der Waals surface area contributed by atoms with E-state index < -0.39 is 27.2 Å².